The highest BCUT2D eigenvalue weighted by Crippen LogP contribution is 2.27. The summed E-state index contributed by atoms with van der Waals surface area (Å²) in [5.41, 5.74) is 3.14. The Morgan fingerprint density at radius 1 is 1.21 bits per heavy atom. The molecule has 1 aliphatic carbocycles. The van der Waals surface area contributed by atoms with Crippen molar-refractivity contribution in [1.29, 1.82) is 0 Å². The first kappa shape index (κ1) is 17.0. The number of benzene rings is 1. The molecule has 0 radical (unpaired) electrons. The highest BCUT2D eigenvalue weighted by atomic mass is 32.2. The lowest BCUT2D eigenvalue weighted by atomic mass is 9.90. The van der Waals surface area contributed by atoms with E-state index in [2.05, 4.69) is 30.5 Å². The molecule has 0 bridgehead atoms. The van der Waals surface area contributed by atoms with Crippen LogP contribution in [0.25, 0.3) is 11.3 Å². The van der Waals surface area contributed by atoms with Gasteiger partial charge >= 0.3 is 0 Å². The molecule has 0 amide bonds. The number of hydrogen-bond donors (Lipinski definition) is 1. The fraction of sp³-hybridized carbons (Fsp3) is 0.444. The number of aryl methyl sites for hydroxylation is 1. The van der Waals surface area contributed by atoms with E-state index in [0.29, 0.717) is 5.69 Å². The third kappa shape index (κ3) is 3.65. The largest absolute Gasteiger partial charge is 0.257 e. The highest BCUT2D eigenvalue weighted by Gasteiger charge is 2.28. The Balaban J connectivity index is 2.00. The lowest BCUT2D eigenvalue weighted by Crippen LogP contribution is -2.25. The van der Waals surface area contributed by atoms with E-state index in [0.717, 1.165) is 29.8 Å². The topological polar surface area (TPSA) is 72.0 Å². The molecule has 6 heteroatoms. The summed E-state index contributed by atoms with van der Waals surface area (Å²) < 4.78 is 27.5. The van der Waals surface area contributed by atoms with Gasteiger partial charge in [-0.1, -0.05) is 32.9 Å². The van der Waals surface area contributed by atoms with Crippen LogP contribution in [0.2, 0.25) is 0 Å². The Hall–Kier alpha value is -1.79. The zero-order chi connectivity index (χ0) is 17.5. The summed E-state index contributed by atoms with van der Waals surface area (Å²) in [4.78, 5) is 9.45. The van der Waals surface area contributed by atoms with Crippen LogP contribution in [0.3, 0.4) is 0 Å². The van der Waals surface area contributed by atoms with Crippen LogP contribution in [-0.4, -0.2) is 24.4 Å². The van der Waals surface area contributed by atoms with Gasteiger partial charge in [0.2, 0.25) is 10.0 Å². The van der Waals surface area contributed by atoms with Crippen LogP contribution in [0.1, 0.15) is 45.0 Å². The van der Waals surface area contributed by atoms with Crippen molar-refractivity contribution in [2.24, 2.45) is 0 Å². The highest BCUT2D eigenvalue weighted by molar-refractivity contribution is 7.89. The van der Waals surface area contributed by atoms with E-state index in [1.165, 1.54) is 0 Å². The Bertz CT molecular complexity index is 866. The Morgan fingerprint density at radius 3 is 2.54 bits per heavy atom. The summed E-state index contributed by atoms with van der Waals surface area (Å²) in [5, 5.41) is 0. The molecule has 0 unspecified atom stereocenters. The van der Waals surface area contributed by atoms with Crippen LogP contribution < -0.4 is 4.72 Å². The van der Waals surface area contributed by atoms with Crippen molar-refractivity contribution >= 4 is 10.0 Å². The van der Waals surface area contributed by atoms with Crippen LogP contribution in [-0.2, 0) is 15.4 Å². The second kappa shape index (κ2) is 5.93. The second-order valence-electron chi connectivity index (χ2n) is 7.36. The molecular weight excluding hydrogens is 322 g/mol. The molecule has 128 valence electrons. The van der Waals surface area contributed by atoms with Crippen LogP contribution in [0.15, 0.2) is 35.4 Å². The van der Waals surface area contributed by atoms with Crippen LogP contribution in [0.4, 0.5) is 0 Å². The third-order valence-electron chi connectivity index (χ3n) is 4.01. The van der Waals surface area contributed by atoms with Crippen molar-refractivity contribution in [3.05, 3.63) is 41.9 Å². The van der Waals surface area contributed by atoms with Crippen LogP contribution in [0, 0.1) is 6.92 Å². The molecule has 0 saturated heterocycles. The van der Waals surface area contributed by atoms with E-state index in [9.17, 15) is 8.42 Å². The number of aromatic nitrogens is 2. The SMILES string of the molecule is Cc1ncc(-c2cccc(S(=O)(=O)NC3CC3)c2)nc1C(C)(C)C. The van der Waals surface area contributed by atoms with Crippen LogP contribution in [0.5, 0.6) is 0 Å². The summed E-state index contributed by atoms with van der Waals surface area (Å²) in [7, 11) is -3.47. The molecule has 5 nitrogen and oxygen atoms in total. The maximum absolute atomic E-state index is 12.4. The van der Waals surface area contributed by atoms with E-state index in [1.807, 2.05) is 13.0 Å². The molecule has 0 atom stereocenters. The number of hydrogen-bond acceptors (Lipinski definition) is 4. The molecule has 3 rings (SSSR count). The van der Waals surface area contributed by atoms with Gasteiger partial charge in [-0.3, -0.25) is 4.98 Å². The molecule has 1 aromatic heterocycles. The second-order valence-corrected chi connectivity index (χ2v) is 9.08. The number of rotatable bonds is 4. The van der Waals surface area contributed by atoms with Crippen molar-refractivity contribution in [1.82, 2.24) is 14.7 Å². The molecule has 0 aliphatic heterocycles. The summed E-state index contributed by atoms with van der Waals surface area (Å²) in [6.07, 6.45) is 3.53. The number of sulfonamides is 1. The van der Waals surface area contributed by atoms with E-state index in [-0.39, 0.29) is 16.4 Å². The summed E-state index contributed by atoms with van der Waals surface area (Å²) in [6.45, 7) is 8.22. The van der Waals surface area contributed by atoms with Gasteiger partial charge in [-0.15, -0.1) is 0 Å². The molecule has 1 saturated carbocycles. The van der Waals surface area contributed by atoms with Gasteiger partial charge in [0.15, 0.2) is 0 Å². The first-order valence-electron chi connectivity index (χ1n) is 8.14. The predicted octanol–water partition coefficient (Wildman–Crippen LogP) is 3.19. The molecule has 0 spiro atoms. The minimum Gasteiger partial charge on any atom is -0.257 e. The number of nitrogens with zero attached hydrogens (tertiary/aromatic N) is 2. The van der Waals surface area contributed by atoms with E-state index >= 15 is 0 Å². The molecule has 1 fully saturated rings. The van der Waals surface area contributed by atoms with E-state index in [1.54, 1.807) is 24.4 Å². The normalized spacial score (nSPS) is 15.5. The average molecular weight is 345 g/mol. The first-order chi connectivity index (χ1) is 11.2. The summed E-state index contributed by atoms with van der Waals surface area (Å²) in [5.74, 6) is 0. The van der Waals surface area contributed by atoms with Gasteiger partial charge in [-0.25, -0.2) is 18.1 Å². The Kier molecular flexibility index (Phi) is 4.21. The molecule has 2 aromatic rings. The zero-order valence-corrected chi connectivity index (χ0v) is 15.3. The summed E-state index contributed by atoms with van der Waals surface area (Å²) >= 11 is 0. The Morgan fingerprint density at radius 2 is 1.92 bits per heavy atom. The maximum Gasteiger partial charge on any atom is 0.240 e. The lowest BCUT2D eigenvalue weighted by Gasteiger charge is -2.20. The summed E-state index contributed by atoms with van der Waals surface area (Å²) in [6, 6.07) is 6.97. The van der Waals surface area contributed by atoms with Gasteiger partial charge in [0.05, 0.1) is 28.2 Å². The smallest absolute Gasteiger partial charge is 0.240 e. The average Bonchev–Trinajstić information content (AvgIpc) is 3.30. The fourth-order valence-corrected chi connectivity index (χ4v) is 3.96. The monoisotopic (exact) mass is 345 g/mol. The van der Waals surface area contributed by atoms with Gasteiger partial charge in [0, 0.05) is 17.0 Å². The van der Waals surface area contributed by atoms with E-state index in [4.69, 9.17) is 4.98 Å². The molecule has 1 N–H and O–H groups in total. The fourth-order valence-electron chi connectivity index (χ4n) is 2.61. The predicted molar refractivity (Wildman–Crippen MR) is 94.2 cm³/mol. The van der Waals surface area contributed by atoms with Crippen molar-refractivity contribution in [3.8, 4) is 11.3 Å². The maximum atomic E-state index is 12.4. The lowest BCUT2D eigenvalue weighted by molar-refractivity contribution is 0.560. The van der Waals surface area contributed by atoms with Crippen molar-refractivity contribution in [2.45, 2.75) is 56.9 Å². The van der Waals surface area contributed by atoms with Crippen LogP contribution >= 0.6 is 0 Å². The van der Waals surface area contributed by atoms with Gasteiger partial charge in [0.25, 0.3) is 0 Å². The van der Waals surface area contributed by atoms with Crippen molar-refractivity contribution in [2.75, 3.05) is 0 Å². The minimum atomic E-state index is -3.47. The van der Waals surface area contributed by atoms with Gasteiger partial charge in [-0.2, -0.15) is 0 Å². The van der Waals surface area contributed by atoms with Crippen molar-refractivity contribution in [3.63, 3.8) is 0 Å². The van der Waals surface area contributed by atoms with Gasteiger partial charge in [-0.05, 0) is 31.9 Å². The third-order valence-corrected chi connectivity index (χ3v) is 5.52. The molecular formula is C18H23N3O2S. The molecule has 1 aliphatic rings. The molecule has 24 heavy (non-hydrogen) atoms. The van der Waals surface area contributed by atoms with E-state index < -0.39 is 10.0 Å². The molecule has 1 heterocycles. The zero-order valence-electron chi connectivity index (χ0n) is 14.5. The molecule has 1 aromatic carbocycles. The van der Waals surface area contributed by atoms with Gasteiger partial charge in [0.1, 0.15) is 0 Å². The minimum absolute atomic E-state index is 0.0883. The number of nitrogens with one attached hydrogen (secondary N) is 1. The first-order valence-corrected chi connectivity index (χ1v) is 9.62. The Labute approximate surface area is 143 Å². The standard InChI is InChI=1S/C18H23N3O2S/c1-12-17(18(2,3)4)20-16(11-19-12)13-6-5-7-15(10-13)24(22,23)21-14-8-9-14/h5-7,10-11,14,21H,8-9H2,1-4H3. The van der Waals surface area contributed by atoms with Gasteiger partial charge < -0.3 is 0 Å². The van der Waals surface area contributed by atoms with Crippen molar-refractivity contribution < 1.29 is 8.42 Å². The quantitative estimate of drug-likeness (QED) is 0.924.